The van der Waals surface area contributed by atoms with Crippen LogP contribution in [0.3, 0.4) is 0 Å². The van der Waals surface area contributed by atoms with Crippen LogP contribution in [0.15, 0.2) is 41.2 Å². The van der Waals surface area contributed by atoms with Crippen LogP contribution < -0.4 is 29.9 Å². The number of ether oxygens (including phenoxy) is 2. The average Bonchev–Trinajstić information content (AvgIpc) is 3.38. The van der Waals surface area contributed by atoms with Crippen LogP contribution in [0, 0.1) is 0 Å². The van der Waals surface area contributed by atoms with Gasteiger partial charge in [0.25, 0.3) is 5.89 Å². The fourth-order valence-electron chi connectivity index (χ4n) is 4.33. The minimum atomic E-state index is -0.517. The first-order valence-corrected chi connectivity index (χ1v) is 11.3. The first kappa shape index (κ1) is 22.7. The predicted molar refractivity (Wildman–Crippen MR) is 128 cm³/mol. The molecule has 5 rings (SSSR count). The van der Waals surface area contributed by atoms with E-state index >= 15 is 0 Å². The van der Waals surface area contributed by atoms with Crippen LogP contribution in [-0.4, -0.2) is 62.2 Å². The number of hydrogen-bond acceptors (Lipinski definition) is 9. The zero-order chi connectivity index (χ0) is 24.4. The standard InChI is InChI=1S/C24H26N6O5/c1-33-19-9-15-11-21(31)30(14-16(15)10-20(19)34-2)22-13-27-24(35-22)23(32)28-17-12-26-4-3-18(17)29-7-5-25-6-8-29/h3-4,9-10,12-13,25H,5-8,11,14H2,1-2H3,(H,28,32). The number of fused-ring (bicyclic) bond motifs is 1. The van der Waals surface area contributed by atoms with Gasteiger partial charge >= 0.3 is 5.91 Å². The minimum Gasteiger partial charge on any atom is -0.493 e. The molecule has 11 heteroatoms. The topological polar surface area (TPSA) is 122 Å². The van der Waals surface area contributed by atoms with Gasteiger partial charge in [0.1, 0.15) is 0 Å². The number of rotatable bonds is 6. The first-order chi connectivity index (χ1) is 17.1. The number of hydrogen-bond donors (Lipinski definition) is 2. The minimum absolute atomic E-state index is 0.138. The van der Waals surface area contributed by atoms with Crippen molar-refractivity contribution in [3.05, 3.63) is 53.8 Å². The molecule has 0 unspecified atom stereocenters. The fraction of sp³-hybridized carbons (Fsp3) is 0.333. The molecular weight excluding hydrogens is 452 g/mol. The van der Waals surface area contributed by atoms with E-state index in [1.165, 1.54) is 11.1 Å². The van der Waals surface area contributed by atoms with Crippen LogP contribution in [0.4, 0.5) is 17.3 Å². The summed E-state index contributed by atoms with van der Waals surface area (Å²) >= 11 is 0. The molecule has 1 saturated heterocycles. The van der Waals surface area contributed by atoms with Crippen molar-refractivity contribution in [2.45, 2.75) is 13.0 Å². The lowest BCUT2D eigenvalue weighted by atomic mass is 9.98. The highest BCUT2D eigenvalue weighted by Gasteiger charge is 2.29. The summed E-state index contributed by atoms with van der Waals surface area (Å²) in [5.74, 6) is 0.532. The van der Waals surface area contributed by atoms with E-state index in [4.69, 9.17) is 13.9 Å². The lowest BCUT2D eigenvalue weighted by Crippen LogP contribution is -2.43. The third-order valence-corrected chi connectivity index (χ3v) is 6.13. The Bertz CT molecular complexity index is 1250. The number of nitrogens with one attached hydrogen (secondary N) is 2. The SMILES string of the molecule is COc1cc2c(cc1OC)CN(c1cnc(C(=O)Nc3cnccc3N3CCNCC3)o1)C(=O)C2. The number of piperazine rings is 1. The van der Waals surface area contributed by atoms with E-state index in [0.29, 0.717) is 17.2 Å². The number of aromatic nitrogens is 2. The van der Waals surface area contributed by atoms with Crippen molar-refractivity contribution in [1.29, 1.82) is 0 Å². The molecule has 3 aromatic rings. The van der Waals surface area contributed by atoms with E-state index in [9.17, 15) is 9.59 Å². The van der Waals surface area contributed by atoms with Crippen molar-refractivity contribution >= 4 is 29.1 Å². The van der Waals surface area contributed by atoms with E-state index in [1.807, 2.05) is 18.2 Å². The van der Waals surface area contributed by atoms with Gasteiger partial charge in [-0.15, -0.1) is 0 Å². The quantitative estimate of drug-likeness (QED) is 0.546. The van der Waals surface area contributed by atoms with Gasteiger partial charge in [-0.25, -0.2) is 4.98 Å². The number of amides is 2. The van der Waals surface area contributed by atoms with Crippen molar-refractivity contribution in [3.63, 3.8) is 0 Å². The average molecular weight is 479 g/mol. The summed E-state index contributed by atoms with van der Waals surface area (Å²) in [6, 6.07) is 5.53. The number of oxazole rings is 1. The molecule has 4 heterocycles. The highest BCUT2D eigenvalue weighted by Crippen LogP contribution is 2.35. The summed E-state index contributed by atoms with van der Waals surface area (Å²) in [6.45, 7) is 3.64. The van der Waals surface area contributed by atoms with Crippen LogP contribution in [0.25, 0.3) is 0 Å². The van der Waals surface area contributed by atoms with Crippen LogP contribution in [0.5, 0.6) is 11.5 Å². The van der Waals surface area contributed by atoms with Gasteiger partial charge in [-0.1, -0.05) is 0 Å². The van der Waals surface area contributed by atoms with Gasteiger partial charge in [0.05, 0.1) is 51.0 Å². The molecule has 2 aromatic heterocycles. The zero-order valence-electron chi connectivity index (χ0n) is 19.5. The molecule has 0 bridgehead atoms. The Morgan fingerprint density at radius 2 is 1.86 bits per heavy atom. The van der Waals surface area contributed by atoms with Gasteiger partial charge in [0, 0.05) is 32.4 Å². The van der Waals surface area contributed by atoms with Crippen molar-refractivity contribution in [2.24, 2.45) is 0 Å². The zero-order valence-corrected chi connectivity index (χ0v) is 19.5. The molecule has 1 fully saturated rings. The molecule has 0 atom stereocenters. The molecular formula is C24H26N6O5. The third-order valence-electron chi connectivity index (χ3n) is 6.13. The Hall–Kier alpha value is -4.12. The molecule has 11 nitrogen and oxygen atoms in total. The number of anilines is 3. The van der Waals surface area contributed by atoms with Crippen molar-refractivity contribution < 1.29 is 23.5 Å². The van der Waals surface area contributed by atoms with E-state index in [2.05, 4.69) is 25.5 Å². The second-order valence-electron chi connectivity index (χ2n) is 8.22. The van der Waals surface area contributed by atoms with Gasteiger partial charge in [0.15, 0.2) is 11.5 Å². The monoisotopic (exact) mass is 478 g/mol. The Morgan fingerprint density at radius 3 is 2.60 bits per heavy atom. The third kappa shape index (κ3) is 4.50. The second kappa shape index (κ2) is 9.63. The van der Waals surface area contributed by atoms with E-state index < -0.39 is 5.91 Å². The summed E-state index contributed by atoms with van der Waals surface area (Å²) < 4.78 is 16.4. The summed E-state index contributed by atoms with van der Waals surface area (Å²) in [6.07, 6.45) is 4.85. The number of methoxy groups -OCH3 is 2. The largest absolute Gasteiger partial charge is 0.493 e. The lowest BCUT2D eigenvalue weighted by Gasteiger charge is -2.30. The van der Waals surface area contributed by atoms with Crippen LogP contribution in [0.1, 0.15) is 21.8 Å². The molecule has 2 N–H and O–H groups in total. The summed E-state index contributed by atoms with van der Waals surface area (Å²) in [5, 5.41) is 6.15. The van der Waals surface area contributed by atoms with Gasteiger partial charge in [-0.2, -0.15) is 0 Å². The molecule has 2 aliphatic heterocycles. The van der Waals surface area contributed by atoms with Gasteiger partial charge < -0.3 is 29.4 Å². The van der Waals surface area contributed by atoms with E-state index in [0.717, 1.165) is 43.0 Å². The van der Waals surface area contributed by atoms with Crippen LogP contribution in [-0.2, 0) is 17.8 Å². The number of pyridine rings is 1. The molecule has 2 amide bonds. The van der Waals surface area contributed by atoms with Crippen LogP contribution >= 0.6 is 0 Å². The summed E-state index contributed by atoms with van der Waals surface area (Å²) in [7, 11) is 3.12. The van der Waals surface area contributed by atoms with Crippen molar-refractivity contribution in [3.8, 4) is 11.5 Å². The Labute approximate surface area is 202 Å². The maximum Gasteiger partial charge on any atom is 0.311 e. The molecule has 0 saturated carbocycles. The molecule has 1 aromatic carbocycles. The van der Waals surface area contributed by atoms with Crippen molar-refractivity contribution in [1.82, 2.24) is 15.3 Å². The lowest BCUT2D eigenvalue weighted by molar-refractivity contribution is -0.118. The Kier molecular flexibility index (Phi) is 6.23. The van der Waals surface area contributed by atoms with Gasteiger partial charge in [-0.3, -0.25) is 19.5 Å². The van der Waals surface area contributed by atoms with E-state index in [1.54, 1.807) is 26.6 Å². The maximum absolute atomic E-state index is 12.9. The normalized spacial score (nSPS) is 15.5. The number of nitrogens with zero attached hydrogens (tertiary/aromatic N) is 4. The van der Waals surface area contributed by atoms with Gasteiger partial charge in [-0.05, 0) is 29.3 Å². The molecule has 35 heavy (non-hydrogen) atoms. The highest BCUT2D eigenvalue weighted by atomic mass is 16.5. The van der Waals surface area contributed by atoms with E-state index in [-0.39, 0.29) is 30.6 Å². The second-order valence-corrected chi connectivity index (χ2v) is 8.22. The molecule has 182 valence electrons. The highest BCUT2D eigenvalue weighted by molar-refractivity contribution is 6.03. The molecule has 2 aliphatic rings. The van der Waals surface area contributed by atoms with Gasteiger partial charge in [0.2, 0.25) is 11.8 Å². The summed E-state index contributed by atoms with van der Waals surface area (Å²) in [4.78, 5) is 37.7. The number of carbonyl (C=O) groups excluding carboxylic acids is 2. The number of benzene rings is 1. The predicted octanol–water partition coefficient (Wildman–Crippen LogP) is 1.84. The molecule has 0 radical (unpaired) electrons. The molecule has 0 spiro atoms. The maximum atomic E-state index is 12.9. The fourth-order valence-corrected chi connectivity index (χ4v) is 4.33. The number of carbonyl (C=O) groups is 2. The van der Waals surface area contributed by atoms with Crippen molar-refractivity contribution in [2.75, 3.05) is 55.5 Å². The smallest absolute Gasteiger partial charge is 0.311 e. The Morgan fingerprint density at radius 1 is 1.11 bits per heavy atom. The van der Waals surface area contributed by atoms with Crippen LogP contribution in [0.2, 0.25) is 0 Å². The first-order valence-electron chi connectivity index (χ1n) is 11.3. The Balaban J connectivity index is 1.34. The summed E-state index contributed by atoms with van der Waals surface area (Å²) in [5.41, 5.74) is 3.22. The molecule has 0 aliphatic carbocycles.